The van der Waals surface area contributed by atoms with Gasteiger partial charge in [-0.15, -0.1) is 0 Å². The highest BCUT2D eigenvalue weighted by molar-refractivity contribution is 6.00. The van der Waals surface area contributed by atoms with Crippen molar-refractivity contribution in [3.63, 3.8) is 0 Å². The Morgan fingerprint density at radius 3 is 2.38 bits per heavy atom. The maximum atomic E-state index is 13.1. The molecule has 0 N–H and O–H groups in total. The number of likely N-dealkylation sites (N-methyl/N-ethyl adjacent to an activating group) is 1. The zero-order chi connectivity index (χ0) is 17.3. The van der Waals surface area contributed by atoms with Crippen LogP contribution >= 0.6 is 0 Å². The lowest BCUT2D eigenvalue weighted by Gasteiger charge is -2.43. The molecule has 2 saturated heterocycles. The minimum absolute atomic E-state index is 0.00671. The number of nitrogens with zero attached hydrogens (tertiary/aromatic N) is 2. The van der Waals surface area contributed by atoms with Gasteiger partial charge < -0.3 is 9.80 Å². The van der Waals surface area contributed by atoms with Crippen molar-refractivity contribution in [1.29, 1.82) is 0 Å². The van der Waals surface area contributed by atoms with Crippen LogP contribution in [0.4, 0.5) is 0 Å². The summed E-state index contributed by atoms with van der Waals surface area (Å²) in [5, 5.41) is 0. The molecule has 4 nitrogen and oxygen atoms in total. The summed E-state index contributed by atoms with van der Waals surface area (Å²) >= 11 is 0. The molecular formula is C20H28N2O2. The Kier molecular flexibility index (Phi) is 4.66. The minimum atomic E-state index is -0.597. The molecule has 1 aromatic carbocycles. The first-order valence-corrected chi connectivity index (χ1v) is 9.10. The molecule has 2 aliphatic rings. The van der Waals surface area contributed by atoms with E-state index < -0.39 is 5.54 Å². The number of piperidine rings is 1. The van der Waals surface area contributed by atoms with E-state index in [4.69, 9.17) is 0 Å². The van der Waals surface area contributed by atoms with Crippen LogP contribution in [-0.4, -0.2) is 47.3 Å². The topological polar surface area (TPSA) is 40.6 Å². The smallest absolute Gasteiger partial charge is 0.254 e. The average molecular weight is 328 g/mol. The van der Waals surface area contributed by atoms with Crippen LogP contribution < -0.4 is 0 Å². The first-order valence-electron chi connectivity index (χ1n) is 9.10. The van der Waals surface area contributed by atoms with E-state index in [9.17, 15) is 9.59 Å². The third-order valence-electron chi connectivity index (χ3n) is 5.41. The summed E-state index contributed by atoms with van der Waals surface area (Å²) in [4.78, 5) is 29.5. The van der Waals surface area contributed by atoms with Crippen LogP contribution in [-0.2, 0) is 11.2 Å². The van der Waals surface area contributed by atoms with Crippen molar-refractivity contribution in [3.8, 4) is 0 Å². The summed E-state index contributed by atoms with van der Waals surface area (Å²) < 4.78 is 0. The van der Waals surface area contributed by atoms with Crippen LogP contribution in [0, 0.1) is 5.92 Å². The van der Waals surface area contributed by atoms with Gasteiger partial charge in [-0.05, 0) is 55.7 Å². The Morgan fingerprint density at radius 2 is 1.75 bits per heavy atom. The Balaban J connectivity index is 1.82. The molecule has 1 unspecified atom stereocenters. The highest BCUT2D eigenvalue weighted by Crippen LogP contribution is 2.38. The molecule has 1 aromatic rings. The summed E-state index contributed by atoms with van der Waals surface area (Å²) in [5.41, 5.74) is 1.36. The van der Waals surface area contributed by atoms with Gasteiger partial charge in [-0.3, -0.25) is 9.59 Å². The van der Waals surface area contributed by atoms with Crippen molar-refractivity contribution in [2.24, 2.45) is 5.92 Å². The molecule has 24 heavy (non-hydrogen) atoms. The summed E-state index contributed by atoms with van der Waals surface area (Å²) in [5.74, 6) is 0.729. The highest BCUT2D eigenvalue weighted by Gasteiger charge is 2.52. The standard InChI is InChI=1S/C20H28N2O2/c1-15(2)14-16-6-8-17(9-7-16)18(23)22-13-5-11-20(22)10-4-12-21(3)19(20)24/h6-9,15H,4-5,10-14H2,1-3H3. The van der Waals surface area contributed by atoms with Crippen LogP contribution in [0.15, 0.2) is 24.3 Å². The molecule has 0 bridgehead atoms. The maximum Gasteiger partial charge on any atom is 0.254 e. The van der Waals surface area contributed by atoms with Crippen LogP contribution in [0.1, 0.15) is 55.5 Å². The molecule has 3 rings (SSSR count). The van der Waals surface area contributed by atoms with Crippen molar-refractivity contribution < 1.29 is 9.59 Å². The number of hydrogen-bond acceptors (Lipinski definition) is 2. The molecule has 1 spiro atoms. The minimum Gasteiger partial charge on any atom is -0.344 e. The van der Waals surface area contributed by atoms with Crippen LogP contribution in [0.2, 0.25) is 0 Å². The first kappa shape index (κ1) is 17.0. The second-order valence-electron chi connectivity index (χ2n) is 7.72. The van der Waals surface area contributed by atoms with E-state index >= 15 is 0 Å². The average Bonchev–Trinajstić information content (AvgIpc) is 2.96. The quantitative estimate of drug-likeness (QED) is 0.855. The Hall–Kier alpha value is -1.84. The van der Waals surface area contributed by atoms with Crippen LogP contribution in [0.25, 0.3) is 0 Å². The number of likely N-dealkylation sites (tertiary alicyclic amines) is 2. The van der Waals surface area contributed by atoms with Gasteiger partial charge >= 0.3 is 0 Å². The molecule has 0 aliphatic carbocycles. The lowest BCUT2D eigenvalue weighted by molar-refractivity contribution is -0.144. The summed E-state index contributed by atoms with van der Waals surface area (Å²) in [6.45, 7) is 5.87. The van der Waals surface area contributed by atoms with Gasteiger partial charge in [0.05, 0.1) is 0 Å². The monoisotopic (exact) mass is 328 g/mol. The first-order chi connectivity index (χ1) is 11.4. The number of benzene rings is 1. The summed E-state index contributed by atoms with van der Waals surface area (Å²) in [7, 11) is 1.85. The van der Waals surface area contributed by atoms with Gasteiger partial charge in [0.15, 0.2) is 0 Å². The lowest BCUT2D eigenvalue weighted by Crippen LogP contribution is -2.60. The van der Waals surface area contributed by atoms with Crippen LogP contribution in [0.5, 0.6) is 0 Å². The fourth-order valence-corrected chi connectivity index (χ4v) is 4.24. The van der Waals surface area contributed by atoms with E-state index in [2.05, 4.69) is 13.8 Å². The zero-order valence-electron chi connectivity index (χ0n) is 15.0. The second-order valence-corrected chi connectivity index (χ2v) is 7.72. The van der Waals surface area contributed by atoms with Gasteiger partial charge in [0.2, 0.25) is 5.91 Å². The summed E-state index contributed by atoms with van der Waals surface area (Å²) in [6.07, 6.45) is 4.50. The van der Waals surface area contributed by atoms with Crippen molar-refractivity contribution in [1.82, 2.24) is 9.80 Å². The molecule has 0 radical (unpaired) electrons. The lowest BCUT2D eigenvalue weighted by atomic mass is 9.85. The summed E-state index contributed by atoms with van der Waals surface area (Å²) in [6, 6.07) is 7.93. The molecule has 2 amide bonds. The number of rotatable bonds is 3. The predicted molar refractivity (Wildman–Crippen MR) is 94.9 cm³/mol. The molecule has 0 aromatic heterocycles. The Bertz CT molecular complexity index is 623. The molecule has 130 valence electrons. The molecular weight excluding hydrogens is 300 g/mol. The van der Waals surface area contributed by atoms with Gasteiger partial charge in [-0.1, -0.05) is 26.0 Å². The third kappa shape index (κ3) is 2.94. The fourth-order valence-electron chi connectivity index (χ4n) is 4.24. The van der Waals surface area contributed by atoms with Gasteiger partial charge in [-0.25, -0.2) is 0 Å². The molecule has 1 atom stereocenters. The van der Waals surface area contributed by atoms with E-state index in [0.717, 1.165) is 38.6 Å². The zero-order valence-corrected chi connectivity index (χ0v) is 15.0. The van der Waals surface area contributed by atoms with Crippen LogP contribution in [0.3, 0.4) is 0 Å². The van der Waals surface area contributed by atoms with Gasteiger partial charge in [0.25, 0.3) is 5.91 Å². The van der Waals surface area contributed by atoms with Crippen molar-refractivity contribution in [2.75, 3.05) is 20.1 Å². The number of hydrogen-bond donors (Lipinski definition) is 0. The van der Waals surface area contributed by atoms with E-state index in [1.54, 1.807) is 4.90 Å². The molecule has 0 saturated carbocycles. The number of amides is 2. The van der Waals surface area contributed by atoms with Crippen molar-refractivity contribution >= 4 is 11.8 Å². The van der Waals surface area contributed by atoms with Gasteiger partial charge in [0, 0.05) is 25.7 Å². The van der Waals surface area contributed by atoms with E-state index in [1.165, 1.54) is 5.56 Å². The van der Waals surface area contributed by atoms with Crippen molar-refractivity contribution in [3.05, 3.63) is 35.4 Å². The molecule has 2 aliphatic heterocycles. The largest absolute Gasteiger partial charge is 0.344 e. The highest BCUT2D eigenvalue weighted by atomic mass is 16.2. The van der Waals surface area contributed by atoms with Gasteiger partial charge in [-0.2, -0.15) is 0 Å². The van der Waals surface area contributed by atoms with E-state index in [0.29, 0.717) is 18.0 Å². The molecule has 2 fully saturated rings. The van der Waals surface area contributed by atoms with E-state index in [-0.39, 0.29) is 11.8 Å². The maximum absolute atomic E-state index is 13.1. The van der Waals surface area contributed by atoms with Gasteiger partial charge in [0.1, 0.15) is 5.54 Å². The number of carbonyl (C=O) groups is 2. The molecule has 2 heterocycles. The Labute approximate surface area is 144 Å². The second kappa shape index (κ2) is 6.58. The Morgan fingerprint density at radius 1 is 1.12 bits per heavy atom. The molecule has 4 heteroatoms. The predicted octanol–water partition coefficient (Wildman–Crippen LogP) is 3.11. The normalized spacial score (nSPS) is 24.2. The van der Waals surface area contributed by atoms with Crippen molar-refractivity contribution in [2.45, 2.75) is 51.5 Å². The number of carbonyl (C=O) groups excluding carboxylic acids is 2. The fraction of sp³-hybridized carbons (Fsp3) is 0.600. The SMILES string of the molecule is CC(C)Cc1ccc(C(=O)N2CCCC23CCCN(C)C3=O)cc1. The van der Waals surface area contributed by atoms with E-state index in [1.807, 2.05) is 36.2 Å². The third-order valence-corrected chi connectivity index (χ3v) is 5.41.